The normalized spacial score (nSPS) is 18.4. The van der Waals surface area contributed by atoms with Crippen LogP contribution in [0.15, 0.2) is 54.6 Å². The minimum absolute atomic E-state index is 0.141. The number of hydrazine groups is 1. The molecule has 0 spiro atoms. The molecule has 1 fully saturated rings. The number of anilines is 1. The van der Waals surface area contributed by atoms with Gasteiger partial charge in [-0.05, 0) is 51.5 Å². The second kappa shape index (κ2) is 8.10. The van der Waals surface area contributed by atoms with Crippen molar-refractivity contribution in [2.75, 3.05) is 5.32 Å². The van der Waals surface area contributed by atoms with Gasteiger partial charge in [0.25, 0.3) is 11.8 Å². The van der Waals surface area contributed by atoms with Crippen molar-refractivity contribution in [1.82, 2.24) is 15.8 Å². The van der Waals surface area contributed by atoms with Crippen molar-refractivity contribution >= 4 is 29.6 Å². The molecule has 0 bridgehead atoms. The molecule has 1 atom stereocenters. The highest BCUT2D eigenvalue weighted by Crippen LogP contribution is 2.27. The van der Waals surface area contributed by atoms with Crippen LogP contribution in [0.2, 0.25) is 0 Å². The summed E-state index contributed by atoms with van der Waals surface area (Å²) in [6.07, 6.45) is -0.669. The smallest absolute Gasteiger partial charge is 0.412 e. The molecule has 31 heavy (non-hydrogen) atoms. The number of carbonyl (C=O) groups excluding carboxylic acids is 4. The molecule has 0 saturated carbocycles. The van der Waals surface area contributed by atoms with Crippen LogP contribution in [0.3, 0.4) is 0 Å². The SMILES string of the molecule is CC(C)(C)OC(=O)Nc1cccc(C(=O)NN2C(=O)NC(C)(c3ccccc3)C2=O)c1. The summed E-state index contributed by atoms with van der Waals surface area (Å²) in [5.74, 6) is -1.30. The molecule has 3 N–H and O–H groups in total. The Balaban J connectivity index is 1.72. The van der Waals surface area contributed by atoms with Crippen LogP contribution >= 0.6 is 0 Å². The maximum Gasteiger partial charge on any atom is 0.412 e. The second-order valence-corrected chi connectivity index (χ2v) is 8.21. The molecular formula is C22H24N4O5. The quantitative estimate of drug-likeness (QED) is 0.652. The van der Waals surface area contributed by atoms with E-state index in [1.165, 1.54) is 12.1 Å². The van der Waals surface area contributed by atoms with E-state index in [-0.39, 0.29) is 5.56 Å². The first kappa shape index (κ1) is 21.8. The standard InChI is InChI=1S/C22H24N4O5/c1-21(2,3)31-20(30)23-16-12-8-9-14(13-16)17(27)25-26-18(28)22(4,24-19(26)29)15-10-6-5-7-11-15/h5-13H,1-4H3,(H,23,30)(H,24,29)(H,25,27). The van der Waals surface area contributed by atoms with E-state index in [1.807, 2.05) is 0 Å². The van der Waals surface area contributed by atoms with E-state index in [1.54, 1.807) is 70.2 Å². The highest BCUT2D eigenvalue weighted by Gasteiger charge is 2.50. The predicted molar refractivity (Wildman–Crippen MR) is 113 cm³/mol. The van der Waals surface area contributed by atoms with Crippen LogP contribution in [-0.2, 0) is 15.1 Å². The lowest BCUT2D eigenvalue weighted by Crippen LogP contribution is -2.47. The van der Waals surface area contributed by atoms with Gasteiger partial charge in [0.1, 0.15) is 11.1 Å². The molecule has 9 nitrogen and oxygen atoms in total. The molecular weight excluding hydrogens is 400 g/mol. The Morgan fingerprint density at radius 2 is 1.71 bits per heavy atom. The summed E-state index contributed by atoms with van der Waals surface area (Å²) >= 11 is 0. The Morgan fingerprint density at radius 3 is 2.35 bits per heavy atom. The summed E-state index contributed by atoms with van der Waals surface area (Å²) in [4.78, 5) is 49.9. The third-order valence-corrected chi connectivity index (χ3v) is 4.53. The molecule has 0 aliphatic carbocycles. The lowest BCUT2D eigenvalue weighted by Gasteiger charge is -2.22. The predicted octanol–water partition coefficient (Wildman–Crippen LogP) is 3.15. The van der Waals surface area contributed by atoms with Crippen LogP contribution < -0.4 is 16.1 Å². The van der Waals surface area contributed by atoms with Gasteiger partial charge in [0.05, 0.1) is 0 Å². The van der Waals surface area contributed by atoms with E-state index in [2.05, 4.69) is 16.1 Å². The molecule has 0 radical (unpaired) electrons. The molecule has 9 heteroatoms. The van der Waals surface area contributed by atoms with Crippen LogP contribution in [-0.4, -0.2) is 34.5 Å². The van der Waals surface area contributed by atoms with E-state index in [0.717, 1.165) is 0 Å². The van der Waals surface area contributed by atoms with Crippen molar-refractivity contribution in [2.24, 2.45) is 0 Å². The fraction of sp³-hybridized carbons (Fsp3) is 0.273. The van der Waals surface area contributed by atoms with E-state index >= 15 is 0 Å². The Hall–Kier alpha value is -3.88. The van der Waals surface area contributed by atoms with Crippen molar-refractivity contribution in [3.05, 3.63) is 65.7 Å². The summed E-state index contributed by atoms with van der Waals surface area (Å²) in [6, 6.07) is 14.0. The Labute approximate surface area is 179 Å². The largest absolute Gasteiger partial charge is 0.444 e. The van der Waals surface area contributed by atoms with Crippen LogP contribution in [0.1, 0.15) is 43.6 Å². The van der Waals surface area contributed by atoms with Gasteiger partial charge in [-0.2, -0.15) is 5.01 Å². The summed E-state index contributed by atoms with van der Waals surface area (Å²) in [5.41, 5.74) is 1.41. The third-order valence-electron chi connectivity index (χ3n) is 4.53. The van der Waals surface area contributed by atoms with Crippen molar-refractivity contribution in [3.63, 3.8) is 0 Å². The molecule has 162 valence electrons. The van der Waals surface area contributed by atoms with Gasteiger partial charge in [0.2, 0.25) is 0 Å². The third kappa shape index (κ3) is 4.82. The molecule has 1 aliphatic heterocycles. The van der Waals surface area contributed by atoms with E-state index in [4.69, 9.17) is 4.74 Å². The van der Waals surface area contributed by atoms with Gasteiger partial charge < -0.3 is 10.1 Å². The zero-order valence-electron chi connectivity index (χ0n) is 17.7. The highest BCUT2D eigenvalue weighted by atomic mass is 16.6. The van der Waals surface area contributed by atoms with Crippen LogP contribution in [0.5, 0.6) is 0 Å². The summed E-state index contributed by atoms with van der Waals surface area (Å²) in [7, 11) is 0. The summed E-state index contributed by atoms with van der Waals surface area (Å²) in [6.45, 7) is 6.77. The average Bonchev–Trinajstić information content (AvgIpc) is 2.91. The van der Waals surface area contributed by atoms with Gasteiger partial charge in [-0.1, -0.05) is 36.4 Å². The fourth-order valence-electron chi connectivity index (χ4n) is 3.03. The number of amides is 5. The maximum atomic E-state index is 12.9. The maximum absolute atomic E-state index is 12.9. The number of carbonyl (C=O) groups is 4. The van der Waals surface area contributed by atoms with Crippen molar-refractivity contribution in [3.8, 4) is 0 Å². The topological polar surface area (TPSA) is 117 Å². The van der Waals surface area contributed by atoms with E-state index < -0.39 is 35.1 Å². The number of urea groups is 1. The van der Waals surface area contributed by atoms with Crippen LogP contribution in [0, 0.1) is 0 Å². The molecule has 2 aromatic rings. The molecule has 1 aliphatic rings. The Morgan fingerprint density at radius 1 is 1.03 bits per heavy atom. The van der Waals surface area contributed by atoms with Crippen molar-refractivity contribution in [2.45, 2.75) is 38.8 Å². The first-order valence-electron chi connectivity index (χ1n) is 9.63. The van der Waals surface area contributed by atoms with Gasteiger partial charge in [-0.3, -0.25) is 20.3 Å². The molecule has 5 amide bonds. The summed E-state index contributed by atoms with van der Waals surface area (Å²) < 4.78 is 5.19. The average molecular weight is 424 g/mol. The number of imide groups is 1. The number of nitrogens with zero attached hydrogens (tertiary/aromatic N) is 1. The number of rotatable bonds is 4. The first-order valence-corrected chi connectivity index (χ1v) is 9.63. The second-order valence-electron chi connectivity index (χ2n) is 8.21. The Bertz CT molecular complexity index is 1030. The molecule has 1 saturated heterocycles. The minimum atomic E-state index is -1.30. The fourth-order valence-corrected chi connectivity index (χ4v) is 3.03. The van der Waals surface area contributed by atoms with Crippen molar-refractivity contribution in [1.29, 1.82) is 0 Å². The number of ether oxygens (including phenoxy) is 1. The zero-order valence-corrected chi connectivity index (χ0v) is 17.7. The van der Waals surface area contributed by atoms with Crippen molar-refractivity contribution < 1.29 is 23.9 Å². The lowest BCUT2D eigenvalue weighted by molar-refractivity contribution is -0.132. The number of hydrogen-bond donors (Lipinski definition) is 3. The van der Waals surface area contributed by atoms with Gasteiger partial charge >= 0.3 is 12.1 Å². The minimum Gasteiger partial charge on any atom is -0.444 e. The molecule has 1 unspecified atom stereocenters. The zero-order chi connectivity index (χ0) is 22.8. The Kier molecular flexibility index (Phi) is 5.70. The van der Waals surface area contributed by atoms with Crippen LogP contribution in [0.4, 0.5) is 15.3 Å². The first-order chi connectivity index (χ1) is 14.5. The summed E-state index contributed by atoms with van der Waals surface area (Å²) in [5, 5.41) is 5.81. The monoisotopic (exact) mass is 424 g/mol. The van der Waals surface area contributed by atoms with Gasteiger partial charge in [0, 0.05) is 11.3 Å². The molecule has 0 aromatic heterocycles. The highest BCUT2D eigenvalue weighted by molar-refractivity contribution is 6.09. The van der Waals surface area contributed by atoms with E-state index in [9.17, 15) is 19.2 Å². The molecule has 3 rings (SSSR count). The number of nitrogens with one attached hydrogen (secondary N) is 3. The number of benzene rings is 2. The number of hydrogen-bond acceptors (Lipinski definition) is 5. The molecule has 1 heterocycles. The van der Waals surface area contributed by atoms with Gasteiger partial charge in [0.15, 0.2) is 0 Å². The lowest BCUT2D eigenvalue weighted by atomic mass is 9.92. The van der Waals surface area contributed by atoms with Crippen LogP contribution in [0.25, 0.3) is 0 Å². The molecule has 2 aromatic carbocycles. The van der Waals surface area contributed by atoms with E-state index in [0.29, 0.717) is 16.3 Å². The van der Waals surface area contributed by atoms with Gasteiger partial charge in [-0.15, -0.1) is 0 Å². The van der Waals surface area contributed by atoms with Gasteiger partial charge in [-0.25, -0.2) is 9.59 Å².